The fourth-order valence-electron chi connectivity index (χ4n) is 1.16. The van der Waals surface area contributed by atoms with Crippen molar-refractivity contribution in [2.75, 3.05) is 25.1 Å². The molecule has 0 aromatic carbocycles. The van der Waals surface area contributed by atoms with E-state index in [2.05, 4.69) is 11.6 Å². The molecule has 0 aliphatic rings. The average Bonchev–Trinajstić information content (AvgIpc) is 2.09. The first-order chi connectivity index (χ1) is 6.27. The van der Waals surface area contributed by atoms with Crippen LogP contribution in [0.1, 0.15) is 32.6 Å². The van der Waals surface area contributed by atoms with Gasteiger partial charge in [-0.05, 0) is 38.3 Å². The lowest BCUT2D eigenvalue weighted by atomic mass is 10.2. The van der Waals surface area contributed by atoms with Gasteiger partial charge in [0.1, 0.15) is 0 Å². The van der Waals surface area contributed by atoms with Crippen LogP contribution >= 0.6 is 11.8 Å². The molecule has 0 fully saturated rings. The molecule has 0 aliphatic carbocycles. The van der Waals surface area contributed by atoms with Crippen molar-refractivity contribution in [1.82, 2.24) is 5.32 Å². The number of nitrogens with one attached hydrogen (secondary N) is 1. The van der Waals surface area contributed by atoms with Crippen LogP contribution in [0.25, 0.3) is 0 Å². The van der Waals surface area contributed by atoms with Gasteiger partial charge in [0.25, 0.3) is 0 Å². The third-order valence-electron chi connectivity index (χ3n) is 1.89. The van der Waals surface area contributed by atoms with Crippen molar-refractivity contribution in [2.24, 2.45) is 0 Å². The highest BCUT2D eigenvalue weighted by Crippen LogP contribution is 2.03. The summed E-state index contributed by atoms with van der Waals surface area (Å²) in [7, 11) is 0. The Morgan fingerprint density at radius 1 is 1.23 bits per heavy atom. The molecule has 0 amide bonds. The molecule has 0 heterocycles. The quantitative estimate of drug-likeness (QED) is 0.564. The Kier molecular flexibility index (Phi) is 10.6. The molecule has 0 saturated heterocycles. The summed E-state index contributed by atoms with van der Waals surface area (Å²) in [5.41, 5.74) is 0. The van der Waals surface area contributed by atoms with Gasteiger partial charge in [-0.1, -0.05) is 12.8 Å². The standard InChI is InChI=1S/C10H23NOS/c1-10(12)9-11-7-5-3-4-6-8-13-2/h10-12H,3-9H2,1-2H3. The molecule has 1 unspecified atom stereocenters. The summed E-state index contributed by atoms with van der Waals surface area (Å²) in [6.45, 7) is 3.58. The van der Waals surface area contributed by atoms with E-state index in [9.17, 15) is 0 Å². The van der Waals surface area contributed by atoms with E-state index in [0.717, 1.165) is 13.1 Å². The smallest absolute Gasteiger partial charge is 0.0636 e. The molecule has 2 nitrogen and oxygen atoms in total. The summed E-state index contributed by atoms with van der Waals surface area (Å²) >= 11 is 1.93. The normalized spacial score (nSPS) is 13.2. The Bertz CT molecular complexity index is 98.9. The molecule has 80 valence electrons. The molecular weight excluding hydrogens is 182 g/mol. The SMILES string of the molecule is CSCCCCCCNCC(C)O. The number of hydrogen-bond acceptors (Lipinski definition) is 3. The summed E-state index contributed by atoms with van der Waals surface area (Å²) in [6.07, 6.45) is 7.18. The van der Waals surface area contributed by atoms with Gasteiger partial charge < -0.3 is 10.4 Å². The third kappa shape index (κ3) is 12.3. The lowest BCUT2D eigenvalue weighted by Crippen LogP contribution is -2.25. The van der Waals surface area contributed by atoms with Crippen LogP contribution < -0.4 is 5.32 Å². The Hall–Kier alpha value is 0.270. The predicted octanol–water partition coefficient (Wildman–Crippen LogP) is 1.88. The zero-order valence-electron chi connectivity index (χ0n) is 8.88. The molecule has 0 bridgehead atoms. The Morgan fingerprint density at radius 2 is 1.92 bits per heavy atom. The highest BCUT2D eigenvalue weighted by Gasteiger charge is 1.93. The molecule has 0 rings (SSSR count). The Labute approximate surface area is 86.5 Å². The van der Waals surface area contributed by atoms with Crippen LogP contribution in [-0.2, 0) is 0 Å². The van der Waals surface area contributed by atoms with Gasteiger partial charge in [-0.25, -0.2) is 0 Å². The van der Waals surface area contributed by atoms with Gasteiger partial charge in [-0.2, -0.15) is 11.8 Å². The number of thioether (sulfide) groups is 1. The number of aliphatic hydroxyl groups excluding tert-OH is 1. The molecule has 0 aliphatic heterocycles. The maximum Gasteiger partial charge on any atom is 0.0636 e. The highest BCUT2D eigenvalue weighted by atomic mass is 32.2. The zero-order valence-corrected chi connectivity index (χ0v) is 9.70. The molecular formula is C10H23NOS. The fourth-order valence-corrected chi connectivity index (χ4v) is 1.65. The van der Waals surface area contributed by atoms with Gasteiger partial charge in [0.2, 0.25) is 0 Å². The number of hydrogen-bond donors (Lipinski definition) is 2. The number of rotatable bonds is 9. The predicted molar refractivity (Wildman–Crippen MR) is 61.4 cm³/mol. The summed E-state index contributed by atoms with van der Waals surface area (Å²) in [5.74, 6) is 1.29. The van der Waals surface area contributed by atoms with E-state index in [-0.39, 0.29) is 6.10 Å². The van der Waals surface area contributed by atoms with E-state index in [1.165, 1.54) is 31.4 Å². The Balaban J connectivity index is 2.84. The van der Waals surface area contributed by atoms with E-state index in [1.807, 2.05) is 18.7 Å². The second kappa shape index (κ2) is 10.4. The summed E-state index contributed by atoms with van der Waals surface area (Å²) in [5, 5.41) is 12.2. The van der Waals surface area contributed by atoms with E-state index in [0.29, 0.717) is 0 Å². The minimum Gasteiger partial charge on any atom is -0.392 e. The molecule has 2 N–H and O–H groups in total. The second-order valence-electron chi connectivity index (χ2n) is 3.46. The van der Waals surface area contributed by atoms with Crippen molar-refractivity contribution in [2.45, 2.75) is 38.7 Å². The average molecular weight is 205 g/mol. The molecule has 0 spiro atoms. The van der Waals surface area contributed by atoms with Crippen LogP contribution in [0.5, 0.6) is 0 Å². The van der Waals surface area contributed by atoms with Crippen LogP contribution in [0.15, 0.2) is 0 Å². The second-order valence-corrected chi connectivity index (χ2v) is 4.45. The van der Waals surface area contributed by atoms with E-state index in [1.54, 1.807) is 0 Å². The van der Waals surface area contributed by atoms with Crippen molar-refractivity contribution in [3.8, 4) is 0 Å². The maximum atomic E-state index is 8.96. The van der Waals surface area contributed by atoms with Crippen LogP contribution in [0.2, 0.25) is 0 Å². The Morgan fingerprint density at radius 3 is 2.54 bits per heavy atom. The molecule has 0 aromatic heterocycles. The summed E-state index contributed by atoms with van der Waals surface area (Å²) in [4.78, 5) is 0. The molecule has 3 heteroatoms. The summed E-state index contributed by atoms with van der Waals surface area (Å²) < 4.78 is 0. The van der Waals surface area contributed by atoms with Gasteiger partial charge >= 0.3 is 0 Å². The van der Waals surface area contributed by atoms with Gasteiger partial charge in [-0.15, -0.1) is 0 Å². The minimum atomic E-state index is -0.212. The van der Waals surface area contributed by atoms with E-state index in [4.69, 9.17) is 5.11 Å². The topological polar surface area (TPSA) is 32.3 Å². The van der Waals surface area contributed by atoms with Gasteiger partial charge in [0.05, 0.1) is 6.10 Å². The zero-order chi connectivity index (χ0) is 9.94. The third-order valence-corrected chi connectivity index (χ3v) is 2.59. The van der Waals surface area contributed by atoms with Gasteiger partial charge in [0.15, 0.2) is 0 Å². The molecule has 0 aromatic rings. The minimum absolute atomic E-state index is 0.212. The van der Waals surface area contributed by atoms with Crippen LogP contribution in [0, 0.1) is 0 Å². The first kappa shape index (κ1) is 13.3. The maximum absolute atomic E-state index is 8.96. The fraction of sp³-hybridized carbons (Fsp3) is 1.00. The molecule has 0 saturated carbocycles. The van der Waals surface area contributed by atoms with E-state index < -0.39 is 0 Å². The van der Waals surface area contributed by atoms with E-state index >= 15 is 0 Å². The molecule has 1 atom stereocenters. The first-order valence-corrected chi connectivity index (χ1v) is 6.54. The monoisotopic (exact) mass is 205 g/mol. The van der Waals surface area contributed by atoms with Gasteiger partial charge in [-0.3, -0.25) is 0 Å². The van der Waals surface area contributed by atoms with Crippen molar-refractivity contribution < 1.29 is 5.11 Å². The van der Waals surface area contributed by atoms with Crippen LogP contribution in [-0.4, -0.2) is 36.3 Å². The summed E-state index contributed by atoms with van der Waals surface area (Å²) in [6, 6.07) is 0. The lowest BCUT2D eigenvalue weighted by Gasteiger charge is -2.06. The highest BCUT2D eigenvalue weighted by molar-refractivity contribution is 7.98. The van der Waals surface area contributed by atoms with Crippen LogP contribution in [0.3, 0.4) is 0 Å². The molecule has 13 heavy (non-hydrogen) atoms. The lowest BCUT2D eigenvalue weighted by molar-refractivity contribution is 0.191. The van der Waals surface area contributed by atoms with Gasteiger partial charge in [0, 0.05) is 6.54 Å². The van der Waals surface area contributed by atoms with Crippen LogP contribution in [0.4, 0.5) is 0 Å². The van der Waals surface area contributed by atoms with Crippen molar-refractivity contribution in [1.29, 1.82) is 0 Å². The van der Waals surface area contributed by atoms with Crippen molar-refractivity contribution in [3.63, 3.8) is 0 Å². The number of unbranched alkanes of at least 4 members (excludes halogenated alkanes) is 3. The number of aliphatic hydroxyl groups is 1. The largest absolute Gasteiger partial charge is 0.392 e. The van der Waals surface area contributed by atoms with Crippen molar-refractivity contribution in [3.05, 3.63) is 0 Å². The molecule has 0 radical (unpaired) electrons. The first-order valence-electron chi connectivity index (χ1n) is 5.15. The van der Waals surface area contributed by atoms with Crippen molar-refractivity contribution >= 4 is 11.8 Å².